The third-order valence-corrected chi connectivity index (χ3v) is 6.77. The van der Waals surface area contributed by atoms with Crippen LogP contribution >= 0.6 is 0 Å². The SMILES string of the molecule is CCN(Cc1ccccc1)S(=O)(=O)N1CCCCC1CNC(=O)CCN. The number of carbonyl (C=O) groups is 1. The summed E-state index contributed by atoms with van der Waals surface area (Å²) < 4.78 is 29.5. The van der Waals surface area contributed by atoms with Crippen LogP contribution in [0.15, 0.2) is 30.3 Å². The molecule has 0 bridgehead atoms. The monoisotopic (exact) mass is 382 g/mol. The van der Waals surface area contributed by atoms with Crippen molar-refractivity contribution < 1.29 is 13.2 Å². The molecule has 7 nitrogen and oxygen atoms in total. The van der Waals surface area contributed by atoms with Crippen LogP contribution in [0.3, 0.4) is 0 Å². The zero-order valence-electron chi connectivity index (χ0n) is 15.4. The van der Waals surface area contributed by atoms with Crippen molar-refractivity contribution in [2.45, 2.75) is 45.2 Å². The van der Waals surface area contributed by atoms with E-state index < -0.39 is 10.2 Å². The molecule has 1 atom stereocenters. The molecular formula is C18H30N4O3S. The standard InChI is InChI=1S/C18H30N4O3S/c1-2-21(15-16-8-4-3-5-9-16)26(24,25)22-13-7-6-10-17(22)14-20-18(23)11-12-19/h3-5,8-9,17H,2,6-7,10-15,19H2,1H3,(H,20,23). The lowest BCUT2D eigenvalue weighted by Gasteiger charge is -2.38. The topological polar surface area (TPSA) is 95.7 Å². The van der Waals surface area contributed by atoms with Gasteiger partial charge in [0.25, 0.3) is 10.2 Å². The summed E-state index contributed by atoms with van der Waals surface area (Å²) in [5.74, 6) is -0.132. The number of hydrogen-bond donors (Lipinski definition) is 2. The molecule has 0 radical (unpaired) electrons. The molecule has 1 aromatic rings. The minimum Gasteiger partial charge on any atom is -0.354 e. The fourth-order valence-corrected chi connectivity index (χ4v) is 5.08. The van der Waals surface area contributed by atoms with Crippen LogP contribution in [0.2, 0.25) is 0 Å². The molecule has 2 rings (SSSR count). The number of nitrogens with zero attached hydrogens (tertiary/aromatic N) is 2. The van der Waals surface area contributed by atoms with E-state index >= 15 is 0 Å². The minimum atomic E-state index is -3.59. The summed E-state index contributed by atoms with van der Waals surface area (Å²) in [6.45, 7) is 3.72. The van der Waals surface area contributed by atoms with Crippen molar-refractivity contribution in [3.63, 3.8) is 0 Å². The van der Waals surface area contributed by atoms with Gasteiger partial charge in [0.05, 0.1) is 0 Å². The normalized spacial score (nSPS) is 18.8. The van der Waals surface area contributed by atoms with Crippen LogP contribution in [-0.4, -0.2) is 55.2 Å². The highest BCUT2D eigenvalue weighted by atomic mass is 32.2. The Bertz CT molecular complexity index is 666. The van der Waals surface area contributed by atoms with Crippen LogP contribution in [0.1, 0.15) is 38.2 Å². The van der Waals surface area contributed by atoms with Crippen molar-refractivity contribution in [3.8, 4) is 0 Å². The number of amides is 1. The van der Waals surface area contributed by atoms with Gasteiger partial charge in [0, 0.05) is 45.2 Å². The second-order valence-electron chi connectivity index (χ2n) is 6.52. The average Bonchev–Trinajstić information content (AvgIpc) is 2.65. The minimum absolute atomic E-state index is 0.132. The van der Waals surface area contributed by atoms with Crippen LogP contribution in [0.25, 0.3) is 0 Å². The van der Waals surface area contributed by atoms with Gasteiger partial charge in [0.2, 0.25) is 5.91 Å². The Labute approximate surface area is 156 Å². The molecule has 1 fully saturated rings. The quantitative estimate of drug-likeness (QED) is 0.668. The molecule has 1 aliphatic rings. The molecular weight excluding hydrogens is 352 g/mol. The Morgan fingerprint density at radius 3 is 2.69 bits per heavy atom. The van der Waals surface area contributed by atoms with Crippen molar-refractivity contribution in [1.82, 2.24) is 13.9 Å². The predicted octanol–water partition coefficient (Wildman–Crippen LogP) is 1.07. The van der Waals surface area contributed by atoms with Crippen molar-refractivity contribution in [1.29, 1.82) is 0 Å². The third-order valence-electron chi connectivity index (χ3n) is 4.66. The summed E-state index contributed by atoms with van der Waals surface area (Å²) in [6.07, 6.45) is 2.82. The number of hydrogen-bond acceptors (Lipinski definition) is 4. The first kappa shape index (κ1) is 20.8. The summed E-state index contributed by atoms with van der Waals surface area (Å²) >= 11 is 0. The third kappa shape index (κ3) is 5.51. The number of piperidine rings is 1. The van der Waals surface area contributed by atoms with E-state index in [4.69, 9.17) is 5.73 Å². The zero-order chi connectivity index (χ0) is 19.0. The highest BCUT2D eigenvalue weighted by molar-refractivity contribution is 7.86. The molecule has 146 valence electrons. The van der Waals surface area contributed by atoms with E-state index in [9.17, 15) is 13.2 Å². The molecule has 1 aromatic carbocycles. The van der Waals surface area contributed by atoms with E-state index in [1.54, 1.807) is 4.31 Å². The van der Waals surface area contributed by atoms with E-state index in [2.05, 4.69) is 5.32 Å². The van der Waals surface area contributed by atoms with Crippen LogP contribution in [0.4, 0.5) is 0 Å². The van der Waals surface area contributed by atoms with Gasteiger partial charge in [0.15, 0.2) is 0 Å². The van der Waals surface area contributed by atoms with Gasteiger partial charge in [-0.2, -0.15) is 17.0 Å². The Hall–Kier alpha value is -1.48. The summed E-state index contributed by atoms with van der Waals surface area (Å²) in [5.41, 5.74) is 6.35. The molecule has 8 heteroatoms. The van der Waals surface area contributed by atoms with Gasteiger partial charge in [-0.25, -0.2) is 0 Å². The lowest BCUT2D eigenvalue weighted by atomic mass is 10.1. The maximum Gasteiger partial charge on any atom is 0.282 e. The molecule has 0 saturated carbocycles. The van der Waals surface area contributed by atoms with Crippen LogP contribution in [0, 0.1) is 0 Å². The fourth-order valence-electron chi connectivity index (χ4n) is 3.22. The summed E-state index contributed by atoms with van der Waals surface area (Å²) in [7, 11) is -3.59. The molecule has 26 heavy (non-hydrogen) atoms. The first-order chi connectivity index (χ1) is 12.5. The number of carbonyl (C=O) groups excluding carboxylic acids is 1. The number of nitrogens with one attached hydrogen (secondary N) is 1. The van der Waals surface area contributed by atoms with Gasteiger partial charge < -0.3 is 11.1 Å². The highest BCUT2D eigenvalue weighted by Crippen LogP contribution is 2.23. The molecule has 1 saturated heterocycles. The van der Waals surface area contributed by atoms with E-state index in [1.807, 2.05) is 37.3 Å². The largest absolute Gasteiger partial charge is 0.354 e. The zero-order valence-corrected chi connectivity index (χ0v) is 16.2. The van der Waals surface area contributed by atoms with E-state index in [0.29, 0.717) is 32.7 Å². The van der Waals surface area contributed by atoms with Crippen molar-refractivity contribution in [2.24, 2.45) is 5.73 Å². The molecule has 0 aliphatic carbocycles. The number of benzene rings is 1. The maximum atomic E-state index is 13.2. The van der Waals surface area contributed by atoms with E-state index in [1.165, 1.54) is 4.31 Å². The molecule has 0 aromatic heterocycles. The molecule has 1 unspecified atom stereocenters. The number of rotatable bonds is 9. The van der Waals surface area contributed by atoms with Gasteiger partial charge in [-0.1, -0.05) is 43.7 Å². The van der Waals surface area contributed by atoms with Crippen molar-refractivity contribution >= 4 is 16.1 Å². The highest BCUT2D eigenvalue weighted by Gasteiger charge is 2.36. The predicted molar refractivity (Wildman–Crippen MR) is 102 cm³/mol. The van der Waals surface area contributed by atoms with Crippen molar-refractivity contribution in [2.75, 3.05) is 26.2 Å². The smallest absolute Gasteiger partial charge is 0.282 e. The first-order valence-corrected chi connectivity index (χ1v) is 10.7. The Balaban J connectivity index is 2.10. The van der Waals surface area contributed by atoms with Gasteiger partial charge in [0.1, 0.15) is 0 Å². The Morgan fingerprint density at radius 2 is 2.04 bits per heavy atom. The van der Waals surface area contributed by atoms with Gasteiger partial charge in [-0.05, 0) is 18.4 Å². The molecule has 1 heterocycles. The summed E-state index contributed by atoms with van der Waals surface area (Å²) in [6, 6.07) is 9.38. The summed E-state index contributed by atoms with van der Waals surface area (Å²) in [4.78, 5) is 11.7. The maximum absolute atomic E-state index is 13.2. The Morgan fingerprint density at radius 1 is 1.31 bits per heavy atom. The van der Waals surface area contributed by atoms with Crippen LogP contribution in [0.5, 0.6) is 0 Å². The van der Waals surface area contributed by atoms with E-state index in [-0.39, 0.29) is 18.4 Å². The first-order valence-electron chi connectivity index (χ1n) is 9.26. The lowest BCUT2D eigenvalue weighted by Crippen LogP contribution is -2.53. The second kappa shape index (κ2) is 10.0. The van der Waals surface area contributed by atoms with Gasteiger partial charge >= 0.3 is 0 Å². The fraction of sp³-hybridized carbons (Fsp3) is 0.611. The summed E-state index contributed by atoms with van der Waals surface area (Å²) in [5, 5.41) is 2.82. The second-order valence-corrected chi connectivity index (χ2v) is 8.40. The Kier molecular flexibility index (Phi) is 8.02. The lowest BCUT2D eigenvalue weighted by molar-refractivity contribution is -0.121. The van der Waals surface area contributed by atoms with E-state index in [0.717, 1.165) is 24.8 Å². The molecule has 1 amide bonds. The van der Waals surface area contributed by atoms with Crippen LogP contribution in [-0.2, 0) is 21.5 Å². The van der Waals surface area contributed by atoms with Crippen molar-refractivity contribution in [3.05, 3.63) is 35.9 Å². The number of nitrogens with two attached hydrogens (primary N) is 1. The van der Waals surface area contributed by atoms with Crippen LogP contribution < -0.4 is 11.1 Å². The average molecular weight is 383 g/mol. The molecule has 0 spiro atoms. The van der Waals surface area contributed by atoms with Gasteiger partial charge in [-0.15, -0.1) is 0 Å². The van der Waals surface area contributed by atoms with Gasteiger partial charge in [-0.3, -0.25) is 4.79 Å². The molecule has 3 N–H and O–H groups in total. The molecule has 1 aliphatic heterocycles.